The molecular weight excluding hydrogens is 270 g/mol. The summed E-state index contributed by atoms with van der Waals surface area (Å²) in [6.45, 7) is -0.298. The third-order valence-electron chi connectivity index (χ3n) is 3.38. The summed E-state index contributed by atoms with van der Waals surface area (Å²) in [5.41, 5.74) is 1.64. The number of aliphatic hydroxyl groups is 3. The van der Waals surface area contributed by atoms with E-state index in [1.54, 1.807) is 22.9 Å². The van der Waals surface area contributed by atoms with Crippen molar-refractivity contribution in [3.63, 3.8) is 0 Å². The average molecular weight is 282 g/mol. The zero-order valence-corrected chi connectivity index (χ0v) is 10.6. The van der Waals surface area contributed by atoms with Crippen LogP contribution in [0.4, 0.5) is 0 Å². The van der Waals surface area contributed by atoms with Crippen LogP contribution in [0.2, 0.25) is 5.15 Å². The first-order valence-corrected chi connectivity index (χ1v) is 6.16. The minimum Gasteiger partial charge on any atom is -0.392 e. The second kappa shape index (κ2) is 4.57. The summed E-state index contributed by atoms with van der Waals surface area (Å²) < 4.78 is 1.65. The SMILES string of the molecule is OCC1=CC(n2cnc3ccnc(Cl)c32)C(O)C1O. The summed E-state index contributed by atoms with van der Waals surface area (Å²) in [5, 5.41) is 29.3. The van der Waals surface area contributed by atoms with E-state index in [-0.39, 0.29) is 11.8 Å². The molecule has 0 aromatic carbocycles. The Balaban J connectivity index is 2.13. The number of fused-ring (bicyclic) bond motifs is 1. The van der Waals surface area contributed by atoms with Crippen LogP contribution in [0.5, 0.6) is 0 Å². The number of imidazole rings is 1. The summed E-state index contributed by atoms with van der Waals surface area (Å²) >= 11 is 6.05. The lowest BCUT2D eigenvalue weighted by atomic mass is 10.1. The van der Waals surface area contributed by atoms with Gasteiger partial charge >= 0.3 is 0 Å². The molecule has 3 unspecified atom stereocenters. The topological polar surface area (TPSA) is 91.4 Å². The van der Waals surface area contributed by atoms with Gasteiger partial charge in [-0.05, 0) is 11.6 Å². The number of nitrogens with zero attached hydrogens (tertiary/aromatic N) is 3. The minimum absolute atomic E-state index is 0.280. The number of aromatic nitrogens is 3. The van der Waals surface area contributed by atoms with Gasteiger partial charge < -0.3 is 19.9 Å². The molecule has 0 saturated carbocycles. The van der Waals surface area contributed by atoms with Crippen molar-refractivity contribution in [1.29, 1.82) is 0 Å². The highest BCUT2D eigenvalue weighted by molar-refractivity contribution is 6.33. The van der Waals surface area contributed by atoms with Crippen molar-refractivity contribution in [2.45, 2.75) is 18.2 Å². The summed E-state index contributed by atoms with van der Waals surface area (Å²) in [7, 11) is 0. The van der Waals surface area contributed by atoms with Gasteiger partial charge in [0, 0.05) is 6.20 Å². The van der Waals surface area contributed by atoms with Gasteiger partial charge in [-0.2, -0.15) is 0 Å². The van der Waals surface area contributed by atoms with E-state index >= 15 is 0 Å². The van der Waals surface area contributed by atoms with Crippen molar-refractivity contribution in [1.82, 2.24) is 14.5 Å². The van der Waals surface area contributed by atoms with Crippen molar-refractivity contribution in [3.8, 4) is 0 Å². The molecule has 6 nitrogen and oxygen atoms in total. The fraction of sp³-hybridized carbons (Fsp3) is 0.333. The molecule has 0 saturated heterocycles. The second-order valence-electron chi connectivity index (χ2n) is 4.45. The maximum absolute atomic E-state index is 10.1. The van der Waals surface area contributed by atoms with Crippen LogP contribution in [0.3, 0.4) is 0 Å². The number of rotatable bonds is 2. The molecule has 2 aromatic rings. The van der Waals surface area contributed by atoms with Crippen LogP contribution in [0.1, 0.15) is 6.04 Å². The number of hydrogen-bond donors (Lipinski definition) is 3. The maximum atomic E-state index is 10.1. The van der Waals surface area contributed by atoms with Gasteiger partial charge in [0.2, 0.25) is 0 Å². The van der Waals surface area contributed by atoms with Gasteiger partial charge in [0.25, 0.3) is 0 Å². The normalized spacial score (nSPS) is 26.9. The average Bonchev–Trinajstić information content (AvgIpc) is 2.94. The molecule has 0 amide bonds. The van der Waals surface area contributed by atoms with Crippen LogP contribution in [0.25, 0.3) is 11.0 Å². The van der Waals surface area contributed by atoms with E-state index < -0.39 is 18.2 Å². The van der Waals surface area contributed by atoms with Gasteiger partial charge in [0.1, 0.15) is 17.7 Å². The highest BCUT2D eigenvalue weighted by Crippen LogP contribution is 2.33. The predicted octanol–water partition coefficient (Wildman–Crippen LogP) is 0.280. The molecule has 0 fully saturated rings. The number of halogens is 1. The molecule has 0 spiro atoms. The minimum atomic E-state index is -1.08. The summed E-state index contributed by atoms with van der Waals surface area (Å²) in [4.78, 5) is 8.17. The second-order valence-corrected chi connectivity index (χ2v) is 4.81. The third kappa shape index (κ3) is 1.84. The summed E-state index contributed by atoms with van der Waals surface area (Å²) in [6.07, 6.45) is 2.59. The highest BCUT2D eigenvalue weighted by Gasteiger charge is 2.36. The van der Waals surface area contributed by atoms with Crippen LogP contribution in [-0.2, 0) is 0 Å². The molecule has 3 rings (SSSR count). The monoisotopic (exact) mass is 281 g/mol. The molecule has 100 valence electrons. The molecule has 2 heterocycles. The predicted molar refractivity (Wildman–Crippen MR) is 68.8 cm³/mol. The number of aliphatic hydroxyl groups excluding tert-OH is 3. The number of hydrogen-bond acceptors (Lipinski definition) is 5. The Kier molecular flexibility index (Phi) is 3.02. The van der Waals surface area contributed by atoms with Crippen molar-refractivity contribution < 1.29 is 15.3 Å². The Morgan fingerprint density at radius 2 is 2.11 bits per heavy atom. The van der Waals surface area contributed by atoms with E-state index in [1.165, 1.54) is 6.33 Å². The lowest BCUT2D eigenvalue weighted by Gasteiger charge is -2.19. The van der Waals surface area contributed by atoms with Gasteiger partial charge in [0.15, 0.2) is 5.15 Å². The quantitative estimate of drug-likeness (QED) is 0.543. The van der Waals surface area contributed by atoms with E-state index in [4.69, 9.17) is 16.7 Å². The first kappa shape index (κ1) is 12.6. The van der Waals surface area contributed by atoms with Crippen LogP contribution in [0, 0.1) is 0 Å². The van der Waals surface area contributed by atoms with Crippen LogP contribution in [-0.4, -0.2) is 48.7 Å². The molecule has 7 heteroatoms. The van der Waals surface area contributed by atoms with Gasteiger partial charge in [-0.25, -0.2) is 9.97 Å². The Morgan fingerprint density at radius 3 is 2.79 bits per heavy atom. The van der Waals surface area contributed by atoms with Crippen LogP contribution >= 0.6 is 11.6 Å². The summed E-state index contributed by atoms with van der Waals surface area (Å²) in [6, 6.07) is 1.19. The van der Waals surface area contributed by atoms with E-state index in [0.717, 1.165) is 0 Å². The Morgan fingerprint density at radius 1 is 1.32 bits per heavy atom. The molecule has 3 N–H and O–H groups in total. The van der Waals surface area contributed by atoms with Crippen LogP contribution < -0.4 is 0 Å². The first-order chi connectivity index (χ1) is 9.13. The first-order valence-electron chi connectivity index (χ1n) is 5.78. The van der Waals surface area contributed by atoms with Crippen molar-refractivity contribution in [3.05, 3.63) is 35.4 Å². The third-order valence-corrected chi connectivity index (χ3v) is 3.66. The Labute approximate surface area is 113 Å². The van der Waals surface area contributed by atoms with E-state index in [9.17, 15) is 10.2 Å². The van der Waals surface area contributed by atoms with Crippen molar-refractivity contribution >= 4 is 22.6 Å². The van der Waals surface area contributed by atoms with Gasteiger partial charge in [-0.15, -0.1) is 0 Å². The maximum Gasteiger partial charge on any atom is 0.154 e. The molecular formula is C12H12ClN3O3. The lowest BCUT2D eigenvalue weighted by Crippen LogP contribution is -2.30. The van der Waals surface area contributed by atoms with Gasteiger partial charge in [0.05, 0.1) is 24.5 Å². The highest BCUT2D eigenvalue weighted by atomic mass is 35.5. The molecule has 1 aliphatic carbocycles. The fourth-order valence-electron chi connectivity index (χ4n) is 2.38. The Bertz CT molecular complexity index is 655. The molecule has 0 aliphatic heterocycles. The standard InChI is InChI=1S/C12H12ClN3O3/c13-12-9-7(1-2-14-12)15-5-16(9)8-3-6(4-17)10(18)11(8)19/h1-3,5,8,10-11,17-19H,4H2. The number of pyridine rings is 1. The van der Waals surface area contributed by atoms with Gasteiger partial charge in [-0.3, -0.25) is 0 Å². The molecule has 3 atom stereocenters. The molecule has 0 bridgehead atoms. The van der Waals surface area contributed by atoms with Gasteiger partial charge in [-0.1, -0.05) is 17.7 Å². The molecule has 2 aromatic heterocycles. The molecule has 19 heavy (non-hydrogen) atoms. The largest absolute Gasteiger partial charge is 0.392 e. The fourth-order valence-corrected chi connectivity index (χ4v) is 2.63. The Hall–Kier alpha value is -1.47. The van der Waals surface area contributed by atoms with E-state index in [1.807, 2.05) is 0 Å². The van der Waals surface area contributed by atoms with E-state index in [0.29, 0.717) is 16.6 Å². The molecule has 1 aliphatic rings. The lowest BCUT2D eigenvalue weighted by molar-refractivity contribution is 0.0288. The van der Waals surface area contributed by atoms with E-state index in [2.05, 4.69) is 9.97 Å². The smallest absolute Gasteiger partial charge is 0.154 e. The van der Waals surface area contributed by atoms with Crippen LogP contribution in [0.15, 0.2) is 30.2 Å². The zero-order chi connectivity index (χ0) is 13.6. The van der Waals surface area contributed by atoms with Crippen molar-refractivity contribution in [2.24, 2.45) is 0 Å². The molecule has 0 radical (unpaired) electrons. The summed E-state index contributed by atoms with van der Waals surface area (Å²) in [5.74, 6) is 0. The zero-order valence-electron chi connectivity index (χ0n) is 9.81. The van der Waals surface area contributed by atoms with Crippen molar-refractivity contribution in [2.75, 3.05) is 6.61 Å².